The second kappa shape index (κ2) is 5.01. The van der Waals surface area contributed by atoms with Crippen LogP contribution in [-0.2, 0) is 0 Å². The Morgan fingerprint density at radius 1 is 1.47 bits per heavy atom. The van der Waals surface area contributed by atoms with Crippen molar-refractivity contribution in [1.29, 1.82) is 5.26 Å². The summed E-state index contributed by atoms with van der Waals surface area (Å²) < 4.78 is -0.443. The fraction of sp³-hybridized carbons (Fsp3) is 0.400. The maximum Gasteiger partial charge on any atom is 0.113 e. The van der Waals surface area contributed by atoms with E-state index in [1.807, 2.05) is 38.0 Å². The highest BCUT2D eigenvalue weighted by molar-refractivity contribution is 7.99. The minimum atomic E-state index is -0.443. The highest BCUT2D eigenvalue weighted by Crippen LogP contribution is 2.21. The van der Waals surface area contributed by atoms with Crippen LogP contribution in [0.1, 0.15) is 13.8 Å². The maximum absolute atomic E-state index is 8.84. The van der Waals surface area contributed by atoms with Crippen LogP contribution in [0, 0.1) is 11.3 Å². The molecule has 0 saturated carbocycles. The molecule has 0 saturated heterocycles. The van der Waals surface area contributed by atoms with E-state index in [1.54, 1.807) is 12.4 Å². The highest BCUT2D eigenvalue weighted by Gasteiger charge is 2.18. The van der Waals surface area contributed by atoms with Gasteiger partial charge in [-0.2, -0.15) is 10.1 Å². The molecule has 0 radical (unpaired) electrons. The van der Waals surface area contributed by atoms with Gasteiger partial charge in [0.05, 0.1) is 11.8 Å². The van der Waals surface area contributed by atoms with Gasteiger partial charge in [0.15, 0.2) is 0 Å². The van der Waals surface area contributed by atoms with Gasteiger partial charge in [-0.25, -0.2) is 0 Å². The zero-order valence-corrected chi connectivity index (χ0v) is 9.88. The Labute approximate surface area is 94.4 Å². The van der Waals surface area contributed by atoms with Crippen molar-refractivity contribution in [2.75, 3.05) is 12.1 Å². The number of nitrogens with one attached hydrogen (secondary N) is 1. The summed E-state index contributed by atoms with van der Waals surface area (Å²) in [6.07, 6.45) is 3.46. The number of hydrazine groups is 1. The largest absolute Gasteiger partial charge is 0.302 e. The van der Waals surface area contributed by atoms with Crippen molar-refractivity contribution in [2.24, 2.45) is 0 Å². The number of hydrogen-bond donors (Lipinski definition) is 1. The molecule has 1 rings (SSSR count). The van der Waals surface area contributed by atoms with Crippen LogP contribution >= 0.6 is 11.9 Å². The molecule has 80 valence electrons. The van der Waals surface area contributed by atoms with E-state index < -0.39 is 4.75 Å². The zero-order chi connectivity index (χ0) is 11.3. The molecular formula is C10H14N4S. The van der Waals surface area contributed by atoms with Crippen molar-refractivity contribution in [1.82, 2.24) is 9.82 Å². The van der Waals surface area contributed by atoms with E-state index in [0.29, 0.717) is 0 Å². The average Bonchev–Trinajstić information content (AvgIpc) is 2.27. The number of rotatable bonds is 4. The van der Waals surface area contributed by atoms with Gasteiger partial charge >= 0.3 is 0 Å². The summed E-state index contributed by atoms with van der Waals surface area (Å²) in [4.78, 5) is 7.03. The second-order valence-corrected chi connectivity index (χ2v) is 4.99. The molecule has 15 heavy (non-hydrogen) atoms. The summed E-state index contributed by atoms with van der Waals surface area (Å²) in [6.45, 7) is 3.73. The molecule has 1 aromatic rings. The standard InChI is InChI=1S/C10H14N4S/c1-10(2,8-11)15-13-14(3)9-4-6-12-7-5-9/h4-7,13H,1-3H3. The number of hydrogen-bond acceptors (Lipinski definition) is 5. The van der Waals surface area contributed by atoms with Gasteiger partial charge < -0.3 is 5.01 Å². The summed E-state index contributed by atoms with van der Waals surface area (Å²) in [6, 6.07) is 6.00. The number of anilines is 1. The summed E-state index contributed by atoms with van der Waals surface area (Å²) in [5.41, 5.74) is 1.01. The van der Waals surface area contributed by atoms with Crippen molar-refractivity contribution in [3.63, 3.8) is 0 Å². The monoisotopic (exact) mass is 222 g/mol. The van der Waals surface area contributed by atoms with Crippen LogP contribution in [0.25, 0.3) is 0 Å². The quantitative estimate of drug-likeness (QED) is 0.623. The number of aromatic nitrogens is 1. The van der Waals surface area contributed by atoms with Gasteiger partial charge in [-0.15, -0.1) is 0 Å². The first kappa shape index (κ1) is 11.8. The van der Waals surface area contributed by atoms with Crippen LogP contribution in [0.3, 0.4) is 0 Å². The summed E-state index contributed by atoms with van der Waals surface area (Å²) in [7, 11) is 1.90. The van der Waals surface area contributed by atoms with E-state index in [9.17, 15) is 0 Å². The SMILES string of the molecule is CN(NSC(C)(C)C#N)c1ccncc1. The van der Waals surface area contributed by atoms with Crippen molar-refractivity contribution >= 4 is 17.6 Å². The smallest absolute Gasteiger partial charge is 0.113 e. The van der Waals surface area contributed by atoms with E-state index in [2.05, 4.69) is 15.9 Å². The molecule has 0 aliphatic rings. The number of pyridine rings is 1. The lowest BCUT2D eigenvalue weighted by molar-refractivity contribution is 0.866. The fourth-order valence-electron chi connectivity index (χ4n) is 0.826. The Morgan fingerprint density at radius 3 is 2.60 bits per heavy atom. The van der Waals surface area contributed by atoms with Gasteiger partial charge in [-0.1, -0.05) is 0 Å². The number of nitriles is 1. The maximum atomic E-state index is 8.84. The molecule has 1 heterocycles. The third kappa shape index (κ3) is 3.78. The third-order valence-corrected chi connectivity index (χ3v) is 2.72. The van der Waals surface area contributed by atoms with Crippen LogP contribution in [0.15, 0.2) is 24.5 Å². The van der Waals surface area contributed by atoms with Crippen LogP contribution in [0.2, 0.25) is 0 Å². The first-order chi connectivity index (χ1) is 7.05. The van der Waals surface area contributed by atoms with Gasteiger partial charge in [-0.3, -0.25) is 4.98 Å². The Morgan fingerprint density at radius 2 is 2.07 bits per heavy atom. The van der Waals surface area contributed by atoms with Crippen LogP contribution in [0.5, 0.6) is 0 Å². The summed E-state index contributed by atoms with van der Waals surface area (Å²) >= 11 is 1.38. The van der Waals surface area contributed by atoms with Gasteiger partial charge in [0, 0.05) is 19.4 Å². The highest BCUT2D eigenvalue weighted by atomic mass is 32.2. The number of nitrogens with zero attached hydrogens (tertiary/aromatic N) is 3. The zero-order valence-electron chi connectivity index (χ0n) is 9.06. The van der Waals surface area contributed by atoms with Crippen LogP contribution in [0.4, 0.5) is 5.69 Å². The Bertz CT molecular complexity index is 344. The van der Waals surface area contributed by atoms with E-state index >= 15 is 0 Å². The lowest BCUT2D eigenvalue weighted by atomic mass is 10.2. The molecular weight excluding hydrogens is 208 g/mol. The lowest BCUT2D eigenvalue weighted by Crippen LogP contribution is -2.32. The predicted octanol–water partition coefficient (Wildman–Crippen LogP) is 1.97. The third-order valence-electron chi connectivity index (χ3n) is 1.76. The molecule has 0 aromatic carbocycles. The Hall–Kier alpha value is -1.25. The van der Waals surface area contributed by atoms with Gasteiger partial charge in [-0.05, 0) is 37.9 Å². The minimum Gasteiger partial charge on any atom is -0.302 e. The molecule has 0 aliphatic carbocycles. The molecule has 0 bridgehead atoms. The molecule has 0 aliphatic heterocycles. The topological polar surface area (TPSA) is 52.0 Å². The van der Waals surface area contributed by atoms with Crippen molar-refractivity contribution < 1.29 is 0 Å². The molecule has 0 amide bonds. The summed E-state index contributed by atoms with van der Waals surface area (Å²) in [5.74, 6) is 0. The fourth-order valence-corrected chi connectivity index (χ4v) is 1.34. The first-order valence-electron chi connectivity index (χ1n) is 4.54. The molecule has 4 nitrogen and oxygen atoms in total. The Kier molecular flexibility index (Phi) is 3.95. The van der Waals surface area contributed by atoms with E-state index in [0.717, 1.165) is 5.69 Å². The van der Waals surface area contributed by atoms with Gasteiger partial charge in [0.1, 0.15) is 4.75 Å². The van der Waals surface area contributed by atoms with Gasteiger partial charge in [0.2, 0.25) is 0 Å². The van der Waals surface area contributed by atoms with E-state index in [4.69, 9.17) is 5.26 Å². The van der Waals surface area contributed by atoms with Crippen molar-refractivity contribution in [3.8, 4) is 6.07 Å². The molecule has 1 aromatic heterocycles. The van der Waals surface area contributed by atoms with Crippen LogP contribution in [-0.4, -0.2) is 16.8 Å². The van der Waals surface area contributed by atoms with E-state index in [1.165, 1.54) is 11.9 Å². The molecule has 0 unspecified atom stereocenters. The molecule has 5 heteroatoms. The summed E-state index contributed by atoms with van der Waals surface area (Å²) in [5, 5.41) is 10.7. The molecule has 1 N–H and O–H groups in total. The lowest BCUT2D eigenvalue weighted by Gasteiger charge is -2.23. The van der Waals surface area contributed by atoms with E-state index in [-0.39, 0.29) is 0 Å². The molecule has 0 spiro atoms. The Balaban J connectivity index is 2.52. The van der Waals surface area contributed by atoms with Gasteiger partial charge in [0.25, 0.3) is 0 Å². The second-order valence-electron chi connectivity index (χ2n) is 3.58. The first-order valence-corrected chi connectivity index (χ1v) is 5.35. The van der Waals surface area contributed by atoms with Crippen molar-refractivity contribution in [3.05, 3.63) is 24.5 Å². The minimum absolute atomic E-state index is 0.443. The average molecular weight is 222 g/mol. The van der Waals surface area contributed by atoms with Crippen molar-refractivity contribution in [2.45, 2.75) is 18.6 Å². The van der Waals surface area contributed by atoms with Crippen LogP contribution < -0.4 is 9.84 Å². The predicted molar refractivity (Wildman–Crippen MR) is 63.1 cm³/mol. The molecule has 0 fully saturated rings. The normalized spacial score (nSPS) is 10.8. The molecule has 0 atom stereocenters.